The van der Waals surface area contributed by atoms with E-state index in [-0.39, 0.29) is 6.47 Å². The molecule has 0 saturated carbocycles. The summed E-state index contributed by atoms with van der Waals surface area (Å²) >= 11 is 0. The van der Waals surface area contributed by atoms with Gasteiger partial charge in [0.25, 0.3) is 0 Å². The molecule has 0 amide bonds. The van der Waals surface area contributed by atoms with Crippen LogP contribution in [-0.2, 0) is 14.4 Å². The van der Waals surface area contributed by atoms with Crippen LogP contribution < -0.4 is 0 Å². The minimum absolute atomic E-state index is 0.0802. The third kappa shape index (κ3) is 3.39. The highest BCUT2D eigenvalue weighted by atomic mass is 19.1. The Labute approximate surface area is 81.4 Å². The van der Waals surface area contributed by atoms with Crippen LogP contribution in [0.1, 0.15) is 20.8 Å². The summed E-state index contributed by atoms with van der Waals surface area (Å²) in [6, 6.07) is -3.22. The lowest BCUT2D eigenvalue weighted by atomic mass is 10.1. The molecule has 82 valence electrons. The summed E-state index contributed by atoms with van der Waals surface area (Å²) in [6.45, 7) is 4.17. The fourth-order valence-electron chi connectivity index (χ4n) is 0.984. The molecule has 0 aromatic carbocycles. The van der Waals surface area contributed by atoms with Crippen LogP contribution in [0.5, 0.6) is 0 Å². The van der Waals surface area contributed by atoms with Gasteiger partial charge in [-0.25, -0.2) is 0 Å². The third-order valence-corrected chi connectivity index (χ3v) is 1.54. The van der Waals surface area contributed by atoms with E-state index in [0.717, 1.165) is 5.06 Å². The standard InChI is InChI=1S/C8H14FNO4/c1-8(2,3)10(14-5-12)6(4-11)7(9)13/h5-6,11H,4H2,1-3H3/t6-/m0/s1. The van der Waals surface area contributed by atoms with Crippen molar-refractivity contribution in [2.24, 2.45) is 0 Å². The topological polar surface area (TPSA) is 66.8 Å². The Hall–Kier alpha value is -1.01. The second-order valence-electron chi connectivity index (χ2n) is 3.70. The van der Waals surface area contributed by atoms with E-state index in [9.17, 15) is 14.0 Å². The first-order chi connectivity index (χ1) is 6.34. The van der Waals surface area contributed by atoms with Crippen molar-refractivity contribution in [3.63, 3.8) is 0 Å². The van der Waals surface area contributed by atoms with Gasteiger partial charge in [-0.15, -0.1) is 5.06 Å². The summed E-state index contributed by atoms with van der Waals surface area (Å²) in [4.78, 5) is 25.1. The third-order valence-electron chi connectivity index (χ3n) is 1.54. The largest absolute Gasteiger partial charge is 0.394 e. The number of carbonyl (C=O) groups is 2. The van der Waals surface area contributed by atoms with E-state index in [1.807, 2.05) is 0 Å². The molecular weight excluding hydrogens is 193 g/mol. The molecule has 0 heterocycles. The van der Waals surface area contributed by atoms with Gasteiger partial charge in [-0.1, -0.05) is 0 Å². The highest BCUT2D eigenvalue weighted by Crippen LogP contribution is 2.17. The second-order valence-corrected chi connectivity index (χ2v) is 3.70. The Bertz CT molecular complexity index is 214. The first-order valence-electron chi connectivity index (χ1n) is 4.04. The molecule has 0 aliphatic rings. The lowest BCUT2D eigenvalue weighted by Gasteiger charge is -2.35. The predicted molar refractivity (Wildman–Crippen MR) is 45.7 cm³/mol. The van der Waals surface area contributed by atoms with Gasteiger partial charge in [-0.05, 0) is 20.8 Å². The van der Waals surface area contributed by atoms with Crippen LogP contribution >= 0.6 is 0 Å². The molecule has 0 rings (SSSR count). The Balaban J connectivity index is 4.78. The van der Waals surface area contributed by atoms with Gasteiger partial charge in [-0.2, -0.15) is 4.39 Å². The maximum absolute atomic E-state index is 12.4. The average molecular weight is 207 g/mol. The highest BCUT2D eigenvalue weighted by Gasteiger charge is 2.35. The number of carbonyl (C=O) groups excluding carboxylic acids is 2. The first-order valence-corrected chi connectivity index (χ1v) is 4.04. The Morgan fingerprint density at radius 2 is 2.14 bits per heavy atom. The molecule has 0 radical (unpaired) electrons. The Kier molecular flexibility index (Phi) is 4.65. The van der Waals surface area contributed by atoms with Gasteiger partial charge in [0.05, 0.1) is 6.61 Å². The summed E-state index contributed by atoms with van der Waals surface area (Å²) in [5, 5.41) is 9.58. The monoisotopic (exact) mass is 207 g/mol. The van der Waals surface area contributed by atoms with Gasteiger partial charge < -0.3 is 9.94 Å². The molecule has 6 heteroatoms. The molecule has 1 atom stereocenters. The quantitative estimate of drug-likeness (QED) is 0.391. The van der Waals surface area contributed by atoms with Crippen molar-refractivity contribution in [1.82, 2.24) is 5.06 Å². The number of halogens is 1. The van der Waals surface area contributed by atoms with Crippen LogP contribution in [0.25, 0.3) is 0 Å². The van der Waals surface area contributed by atoms with E-state index in [0.29, 0.717) is 0 Å². The van der Waals surface area contributed by atoms with E-state index in [2.05, 4.69) is 4.84 Å². The van der Waals surface area contributed by atoms with Gasteiger partial charge >= 0.3 is 12.5 Å². The zero-order chi connectivity index (χ0) is 11.4. The molecule has 0 aromatic heterocycles. The van der Waals surface area contributed by atoms with Crippen molar-refractivity contribution < 1.29 is 23.9 Å². The number of aliphatic hydroxyl groups excluding tert-OH is 1. The van der Waals surface area contributed by atoms with Crippen molar-refractivity contribution in [2.45, 2.75) is 32.4 Å². The van der Waals surface area contributed by atoms with Gasteiger partial charge in [-0.3, -0.25) is 9.59 Å². The second kappa shape index (κ2) is 5.02. The van der Waals surface area contributed by atoms with Crippen LogP contribution in [0.2, 0.25) is 0 Å². The van der Waals surface area contributed by atoms with Crippen molar-refractivity contribution >= 4 is 12.5 Å². The van der Waals surface area contributed by atoms with E-state index >= 15 is 0 Å². The molecule has 0 aliphatic carbocycles. The molecule has 0 aliphatic heterocycles. The molecule has 0 fully saturated rings. The maximum Gasteiger partial charge on any atom is 0.324 e. The molecule has 0 saturated heterocycles. The van der Waals surface area contributed by atoms with E-state index in [1.165, 1.54) is 0 Å². The fourth-order valence-corrected chi connectivity index (χ4v) is 0.984. The Morgan fingerprint density at radius 3 is 2.36 bits per heavy atom. The van der Waals surface area contributed by atoms with Crippen molar-refractivity contribution in [2.75, 3.05) is 6.61 Å². The highest BCUT2D eigenvalue weighted by molar-refractivity contribution is 5.74. The van der Waals surface area contributed by atoms with Crippen LogP contribution in [0, 0.1) is 0 Å². The Morgan fingerprint density at radius 1 is 1.64 bits per heavy atom. The molecule has 0 bridgehead atoms. The normalized spacial score (nSPS) is 13.9. The van der Waals surface area contributed by atoms with Crippen LogP contribution in [-0.4, -0.2) is 40.9 Å². The maximum atomic E-state index is 12.4. The number of nitrogens with zero attached hydrogens (tertiary/aromatic N) is 1. The SMILES string of the molecule is CC(C)(C)N(OC=O)[C@@H](CO)C(=O)F. The number of hydroxylamine groups is 2. The summed E-state index contributed by atoms with van der Waals surface area (Å²) in [5.74, 6) is 0. The lowest BCUT2D eigenvalue weighted by molar-refractivity contribution is -0.222. The van der Waals surface area contributed by atoms with Crippen molar-refractivity contribution in [3.8, 4) is 0 Å². The van der Waals surface area contributed by atoms with E-state index < -0.39 is 24.2 Å². The summed E-state index contributed by atoms with van der Waals surface area (Å²) in [7, 11) is 0. The minimum Gasteiger partial charge on any atom is -0.394 e. The molecule has 14 heavy (non-hydrogen) atoms. The van der Waals surface area contributed by atoms with Gasteiger partial charge in [0.15, 0.2) is 6.04 Å². The number of aliphatic hydroxyl groups is 1. The molecular formula is C8H14FNO4. The van der Waals surface area contributed by atoms with Crippen LogP contribution in [0.4, 0.5) is 4.39 Å². The zero-order valence-electron chi connectivity index (χ0n) is 8.36. The molecule has 0 spiro atoms. The zero-order valence-corrected chi connectivity index (χ0v) is 8.36. The molecule has 0 unspecified atom stereocenters. The fraction of sp³-hybridized carbons (Fsp3) is 0.750. The van der Waals surface area contributed by atoms with E-state index in [4.69, 9.17) is 5.11 Å². The van der Waals surface area contributed by atoms with Crippen LogP contribution in [0.3, 0.4) is 0 Å². The summed E-state index contributed by atoms with van der Waals surface area (Å²) < 4.78 is 12.4. The van der Waals surface area contributed by atoms with Gasteiger partial charge in [0.2, 0.25) is 0 Å². The number of hydrogen-bond acceptors (Lipinski definition) is 5. The smallest absolute Gasteiger partial charge is 0.324 e. The molecule has 1 N–H and O–H groups in total. The first kappa shape index (κ1) is 13.0. The van der Waals surface area contributed by atoms with Gasteiger partial charge in [0.1, 0.15) is 0 Å². The van der Waals surface area contributed by atoms with Crippen molar-refractivity contribution in [1.29, 1.82) is 0 Å². The van der Waals surface area contributed by atoms with Gasteiger partial charge in [0, 0.05) is 5.54 Å². The minimum atomic E-state index is -1.75. The summed E-state index contributed by atoms with van der Waals surface area (Å²) in [6.07, 6.45) is 0. The predicted octanol–water partition coefficient (Wildman–Crippen LogP) is 0.0319. The number of rotatable bonds is 5. The van der Waals surface area contributed by atoms with E-state index in [1.54, 1.807) is 20.8 Å². The molecule has 5 nitrogen and oxygen atoms in total. The van der Waals surface area contributed by atoms with Crippen LogP contribution in [0.15, 0.2) is 0 Å². The average Bonchev–Trinajstić information content (AvgIpc) is 2.02. The van der Waals surface area contributed by atoms with Crippen molar-refractivity contribution in [3.05, 3.63) is 0 Å². The number of hydrogen-bond donors (Lipinski definition) is 1. The summed E-state index contributed by atoms with van der Waals surface area (Å²) in [5.41, 5.74) is -0.768. The molecule has 0 aromatic rings. The lowest BCUT2D eigenvalue weighted by Crippen LogP contribution is -2.52.